The number of aromatic nitrogens is 1. The van der Waals surface area contributed by atoms with Gasteiger partial charge in [0, 0.05) is 11.4 Å². The number of esters is 1. The topological polar surface area (TPSA) is 70.0 Å². The summed E-state index contributed by atoms with van der Waals surface area (Å²) < 4.78 is 18.0. The lowest BCUT2D eigenvalue weighted by atomic mass is 10.2. The van der Waals surface area contributed by atoms with Crippen molar-refractivity contribution < 1.29 is 23.8 Å². The molecule has 30 heavy (non-hydrogen) atoms. The van der Waals surface area contributed by atoms with Crippen LogP contribution < -0.4 is 14.5 Å². The van der Waals surface area contributed by atoms with E-state index >= 15 is 0 Å². The van der Waals surface area contributed by atoms with Gasteiger partial charge in [0.15, 0.2) is 22.4 Å². The summed E-state index contributed by atoms with van der Waals surface area (Å²) in [6.07, 6.45) is 1.74. The van der Waals surface area contributed by atoms with Gasteiger partial charge in [0.05, 0.1) is 18.6 Å². The summed E-state index contributed by atoms with van der Waals surface area (Å²) in [5.74, 6) is 0.190. The second-order valence-corrected chi connectivity index (χ2v) is 8.10. The molecule has 3 rings (SSSR count). The predicted octanol–water partition coefficient (Wildman–Crippen LogP) is 3.59. The molecule has 1 aliphatic rings. The number of thioether (sulfide) groups is 1. The molecule has 0 bridgehead atoms. The van der Waals surface area contributed by atoms with Gasteiger partial charge in [-0.05, 0) is 68.9 Å². The number of ether oxygens (including phenoxy) is 3. The van der Waals surface area contributed by atoms with E-state index in [1.165, 1.54) is 23.9 Å². The van der Waals surface area contributed by atoms with E-state index in [0.29, 0.717) is 20.7 Å². The minimum Gasteiger partial charge on any atom is -0.493 e. The molecule has 1 fully saturated rings. The van der Waals surface area contributed by atoms with Crippen molar-refractivity contribution in [1.82, 2.24) is 4.68 Å². The predicted molar refractivity (Wildman–Crippen MR) is 120 cm³/mol. The fraction of sp³-hybridized carbons (Fsp3) is 0.286. The van der Waals surface area contributed by atoms with E-state index in [1.807, 2.05) is 26.0 Å². The number of carbonyl (C=O) groups excluding carboxylic acids is 2. The molecule has 0 spiro atoms. The third kappa shape index (κ3) is 4.52. The molecule has 0 unspecified atom stereocenters. The maximum absolute atomic E-state index is 13.0. The molecule has 0 radical (unpaired) electrons. The van der Waals surface area contributed by atoms with Crippen LogP contribution in [0.2, 0.25) is 0 Å². The van der Waals surface area contributed by atoms with Crippen LogP contribution in [0.4, 0.5) is 0 Å². The van der Waals surface area contributed by atoms with E-state index in [2.05, 4.69) is 0 Å². The van der Waals surface area contributed by atoms with Crippen LogP contribution in [0.5, 0.6) is 11.5 Å². The van der Waals surface area contributed by atoms with E-state index < -0.39 is 5.97 Å². The Hall–Kier alpha value is -2.78. The van der Waals surface area contributed by atoms with Gasteiger partial charge in [0.1, 0.15) is 0 Å². The first-order chi connectivity index (χ1) is 14.3. The third-order valence-corrected chi connectivity index (χ3v) is 5.63. The van der Waals surface area contributed by atoms with Gasteiger partial charge in [0.2, 0.25) is 0 Å². The Kier molecular flexibility index (Phi) is 6.84. The molecule has 1 aliphatic heterocycles. The quantitative estimate of drug-likeness (QED) is 0.366. The Morgan fingerprint density at radius 1 is 1.17 bits per heavy atom. The fourth-order valence-corrected chi connectivity index (χ4v) is 4.24. The number of aryl methyl sites for hydroxylation is 2. The van der Waals surface area contributed by atoms with Crippen LogP contribution >= 0.6 is 24.0 Å². The zero-order valence-corrected chi connectivity index (χ0v) is 18.8. The Morgan fingerprint density at radius 3 is 2.50 bits per heavy atom. The molecule has 1 aromatic heterocycles. The van der Waals surface area contributed by atoms with Gasteiger partial charge in [-0.3, -0.25) is 9.47 Å². The first-order valence-corrected chi connectivity index (χ1v) is 10.5. The minimum atomic E-state index is -0.469. The molecule has 7 nitrogen and oxygen atoms in total. The number of nitrogens with zero attached hydrogens (tertiary/aromatic N) is 2. The van der Waals surface area contributed by atoms with Crippen LogP contribution in [0.1, 0.15) is 23.9 Å². The first-order valence-electron chi connectivity index (χ1n) is 9.25. The lowest BCUT2D eigenvalue weighted by Crippen LogP contribution is -2.39. The van der Waals surface area contributed by atoms with Crippen molar-refractivity contribution in [2.45, 2.75) is 20.8 Å². The number of hydrogen-bond acceptors (Lipinski definition) is 7. The van der Waals surface area contributed by atoms with Crippen molar-refractivity contribution in [3.8, 4) is 11.5 Å². The molecule has 158 valence electrons. The molecule has 0 saturated carbocycles. The summed E-state index contributed by atoms with van der Waals surface area (Å²) in [7, 11) is 1.51. The molecule has 2 heterocycles. The van der Waals surface area contributed by atoms with Crippen molar-refractivity contribution in [3.05, 3.63) is 52.2 Å². The van der Waals surface area contributed by atoms with Crippen molar-refractivity contribution in [3.63, 3.8) is 0 Å². The Balaban J connectivity index is 1.86. The Morgan fingerprint density at radius 2 is 1.87 bits per heavy atom. The summed E-state index contributed by atoms with van der Waals surface area (Å²) in [6.45, 7) is 5.62. The maximum atomic E-state index is 13.0. The van der Waals surface area contributed by atoms with E-state index in [9.17, 15) is 9.59 Å². The van der Waals surface area contributed by atoms with E-state index in [1.54, 1.807) is 35.9 Å². The normalized spacial score (nSPS) is 15.1. The van der Waals surface area contributed by atoms with Crippen LogP contribution in [-0.4, -0.2) is 41.2 Å². The number of hydrogen-bond donors (Lipinski definition) is 0. The number of carbonyl (C=O) groups is 2. The molecular weight excluding hydrogens is 424 g/mol. The molecule has 1 saturated heterocycles. The first kappa shape index (κ1) is 21.9. The van der Waals surface area contributed by atoms with Gasteiger partial charge in [-0.15, -0.1) is 0 Å². The maximum Gasteiger partial charge on any atom is 0.344 e. The van der Waals surface area contributed by atoms with Gasteiger partial charge in [-0.1, -0.05) is 17.8 Å². The fourth-order valence-electron chi connectivity index (χ4n) is 2.99. The highest BCUT2D eigenvalue weighted by atomic mass is 32.2. The van der Waals surface area contributed by atoms with Crippen molar-refractivity contribution in [1.29, 1.82) is 0 Å². The molecule has 0 aliphatic carbocycles. The van der Waals surface area contributed by atoms with Gasteiger partial charge in [-0.25, -0.2) is 4.79 Å². The largest absolute Gasteiger partial charge is 0.493 e. The average molecular weight is 447 g/mol. The second kappa shape index (κ2) is 9.36. The summed E-state index contributed by atoms with van der Waals surface area (Å²) in [5, 5.41) is 1.50. The summed E-state index contributed by atoms with van der Waals surface area (Å²) in [6, 6.07) is 9.10. The molecular formula is C21H22N2O5S2. The molecule has 0 atom stereocenters. The van der Waals surface area contributed by atoms with E-state index in [4.69, 9.17) is 26.4 Å². The summed E-state index contributed by atoms with van der Waals surface area (Å²) in [4.78, 5) is 25.1. The van der Waals surface area contributed by atoms with Crippen LogP contribution in [0.3, 0.4) is 0 Å². The molecule has 9 heteroatoms. The van der Waals surface area contributed by atoms with Gasteiger partial charge in [-0.2, -0.15) is 5.01 Å². The van der Waals surface area contributed by atoms with Gasteiger partial charge in [0.25, 0.3) is 5.91 Å². The molecule has 1 amide bonds. The van der Waals surface area contributed by atoms with Gasteiger partial charge < -0.3 is 14.2 Å². The highest BCUT2D eigenvalue weighted by molar-refractivity contribution is 8.27. The highest BCUT2D eigenvalue weighted by Crippen LogP contribution is 2.35. The summed E-state index contributed by atoms with van der Waals surface area (Å²) >= 11 is 6.68. The van der Waals surface area contributed by atoms with E-state index in [0.717, 1.165) is 17.0 Å². The van der Waals surface area contributed by atoms with E-state index in [-0.39, 0.29) is 19.1 Å². The number of methoxy groups -OCH3 is 1. The highest BCUT2D eigenvalue weighted by Gasteiger charge is 2.34. The van der Waals surface area contributed by atoms with Crippen LogP contribution in [0, 0.1) is 13.8 Å². The summed E-state index contributed by atoms with van der Waals surface area (Å²) in [5.41, 5.74) is 2.56. The Labute approximate surface area is 184 Å². The molecule has 2 aromatic rings. The minimum absolute atomic E-state index is 0.197. The zero-order chi connectivity index (χ0) is 21.8. The number of amides is 1. The lowest BCUT2D eigenvalue weighted by Gasteiger charge is -2.20. The lowest BCUT2D eigenvalue weighted by molar-refractivity contribution is -0.145. The van der Waals surface area contributed by atoms with Gasteiger partial charge >= 0.3 is 5.97 Å². The number of benzene rings is 1. The SMILES string of the molecule is CCOC(=O)COc1cc(/C=C2\SC(=S)N(n3c(C)ccc3C)C2=O)ccc1OC. The van der Waals surface area contributed by atoms with Crippen molar-refractivity contribution in [2.75, 3.05) is 25.3 Å². The second-order valence-electron chi connectivity index (χ2n) is 6.43. The van der Waals surface area contributed by atoms with Crippen LogP contribution in [0.15, 0.2) is 35.2 Å². The number of thiocarbonyl (C=S) groups is 1. The zero-order valence-electron chi connectivity index (χ0n) is 17.1. The standard InChI is InChI=1S/C21H22N2O5S2/c1-5-27-19(24)12-28-17-10-15(8-9-16(17)26-4)11-18-20(25)23(21(29)30-18)22-13(2)6-7-14(22)3/h6-11H,5,12H2,1-4H3/b18-11-. The van der Waals surface area contributed by atoms with Crippen LogP contribution in [-0.2, 0) is 14.3 Å². The Bertz CT molecular complexity index is 1010. The average Bonchev–Trinajstić information content (AvgIpc) is 3.18. The smallest absolute Gasteiger partial charge is 0.344 e. The monoisotopic (exact) mass is 446 g/mol. The number of rotatable bonds is 7. The van der Waals surface area contributed by atoms with Crippen molar-refractivity contribution >= 4 is 46.3 Å². The molecule has 0 N–H and O–H groups in total. The third-order valence-electron chi connectivity index (χ3n) is 4.34. The van der Waals surface area contributed by atoms with Crippen LogP contribution in [0.25, 0.3) is 6.08 Å². The molecule has 1 aromatic carbocycles. The van der Waals surface area contributed by atoms with Crippen molar-refractivity contribution in [2.24, 2.45) is 0 Å².